The van der Waals surface area contributed by atoms with Gasteiger partial charge in [0, 0.05) is 19.8 Å². The summed E-state index contributed by atoms with van der Waals surface area (Å²) >= 11 is 0. The van der Waals surface area contributed by atoms with Crippen molar-refractivity contribution in [3.63, 3.8) is 0 Å². The minimum Gasteiger partial charge on any atom is -0.396 e. The second-order valence-electron chi connectivity index (χ2n) is 3.82. The lowest BCUT2D eigenvalue weighted by Crippen LogP contribution is -2.13. The molecule has 0 saturated heterocycles. The molecule has 0 heterocycles. The van der Waals surface area contributed by atoms with E-state index in [-0.39, 0.29) is 6.61 Å². The third kappa shape index (κ3) is 3.11. The summed E-state index contributed by atoms with van der Waals surface area (Å²) in [5.41, 5.74) is 0. The zero-order valence-electron chi connectivity index (χ0n) is 7.96. The fourth-order valence-corrected chi connectivity index (χ4v) is 1.87. The minimum absolute atomic E-state index is 0.250. The molecule has 1 aliphatic rings. The first-order valence-electron chi connectivity index (χ1n) is 5.03. The Kier molecular flexibility index (Phi) is 4.62. The Hall–Kier alpha value is -0.0800. The summed E-state index contributed by atoms with van der Waals surface area (Å²) in [6, 6.07) is 0. The van der Waals surface area contributed by atoms with Crippen LogP contribution < -0.4 is 0 Å². The highest BCUT2D eigenvalue weighted by atomic mass is 16.5. The maximum Gasteiger partial charge on any atom is 0.0496 e. The number of hydrogen-bond donors (Lipinski definition) is 1. The minimum atomic E-state index is 0.250. The van der Waals surface area contributed by atoms with Gasteiger partial charge in [0.2, 0.25) is 0 Å². The zero-order chi connectivity index (χ0) is 8.81. The summed E-state index contributed by atoms with van der Waals surface area (Å²) in [5.74, 6) is 1.63. The van der Waals surface area contributed by atoms with Crippen molar-refractivity contribution in [2.45, 2.75) is 32.6 Å². The fraction of sp³-hybridized carbons (Fsp3) is 1.00. The smallest absolute Gasteiger partial charge is 0.0496 e. The van der Waals surface area contributed by atoms with Crippen molar-refractivity contribution in [1.29, 1.82) is 0 Å². The molecule has 72 valence electrons. The quantitative estimate of drug-likeness (QED) is 0.641. The molecule has 12 heavy (non-hydrogen) atoms. The number of aliphatic hydroxyl groups excluding tert-OH is 1. The highest BCUT2D eigenvalue weighted by Gasteiger charge is 2.22. The van der Waals surface area contributed by atoms with E-state index in [9.17, 15) is 0 Å². The van der Waals surface area contributed by atoms with Gasteiger partial charge in [-0.15, -0.1) is 0 Å². The maximum atomic E-state index is 8.53. The monoisotopic (exact) mass is 172 g/mol. The van der Waals surface area contributed by atoms with Crippen LogP contribution in [0.25, 0.3) is 0 Å². The van der Waals surface area contributed by atoms with Crippen LogP contribution in [0.4, 0.5) is 0 Å². The van der Waals surface area contributed by atoms with E-state index in [1.165, 1.54) is 19.3 Å². The summed E-state index contributed by atoms with van der Waals surface area (Å²) < 4.78 is 5.47. The van der Waals surface area contributed by atoms with Gasteiger partial charge in [0.05, 0.1) is 0 Å². The normalized spacial score (nSPS) is 29.5. The average Bonchev–Trinajstić information content (AvgIpc) is 2.46. The topological polar surface area (TPSA) is 29.5 Å². The van der Waals surface area contributed by atoms with Crippen LogP contribution in [0.3, 0.4) is 0 Å². The largest absolute Gasteiger partial charge is 0.396 e. The van der Waals surface area contributed by atoms with E-state index in [4.69, 9.17) is 9.84 Å². The van der Waals surface area contributed by atoms with Crippen LogP contribution in [0.2, 0.25) is 0 Å². The van der Waals surface area contributed by atoms with Crippen molar-refractivity contribution in [1.82, 2.24) is 0 Å². The molecule has 0 aromatic rings. The Morgan fingerprint density at radius 1 is 1.42 bits per heavy atom. The van der Waals surface area contributed by atoms with Crippen molar-refractivity contribution in [2.24, 2.45) is 11.8 Å². The van der Waals surface area contributed by atoms with E-state index in [2.05, 4.69) is 6.92 Å². The maximum absolute atomic E-state index is 8.53. The fourth-order valence-electron chi connectivity index (χ4n) is 1.87. The molecule has 0 aromatic heterocycles. The average molecular weight is 172 g/mol. The van der Waals surface area contributed by atoms with Crippen molar-refractivity contribution in [3.8, 4) is 0 Å². The van der Waals surface area contributed by atoms with Gasteiger partial charge in [0.15, 0.2) is 0 Å². The molecular formula is C10H20O2. The van der Waals surface area contributed by atoms with Gasteiger partial charge in [-0.1, -0.05) is 19.8 Å². The van der Waals surface area contributed by atoms with E-state index in [0.717, 1.165) is 31.5 Å². The Morgan fingerprint density at radius 2 is 2.25 bits per heavy atom. The molecule has 2 nitrogen and oxygen atoms in total. The van der Waals surface area contributed by atoms with Crippen LogP contribution in [0.15, 0.2) is 0 Å². The second-order valence-corrected chi connectivity index (χ2v) is 3.82. The summed E-state index contributed by atoms with van der Waals surface area (Å²) in [7, 11) is 0. The van der Waals surface area contributed by atoms with E-state index < -0.39 is 0 Å². The highest BCUT2D eigenvalue weighted by Crippen LogP contribution is 2.31. The van der Waals surface area contributed by atoms with Gasteiger partial charge in [-0.3, -0.25) is 0 Å². The lowest BCUT2D eigenvalue weighted by molar-refractivity contribution is 0.0774. The van der Waals surface area contributed by atoms with Gasteiger partial charge in [0.1, 0.15) is 0 Å². The first-order valence-corrected chi connectivity index (χ1v) is 5.03. The molecule has 2 atom stereocenters. The molecule has 0 radical (unpaired) electrons. The first-order chi connectivity index (χ1) is 5.84. The van der Waals surface area contributed by atoms with Crippen LogP contribution in [-0.2, 0) is 4.74 Å². The van der Waals surface area contributed by atoms with Crippen LogP contribution in [0.5, 0.6) is 0 Å². The predicted octanol–water partition coefficient (Wildman–Crippen LogP) is 1.82. The predicted molar refractivity (Wildman–Crippen MR) is 49.0 cm³/mol. The van der Waals surface area contributed by atoms with Crippen molar-refractivity contribution >= 4 is 0 Å². The van der Waals surface area contributed by atoms with E-state index in [1.807, 2.05) is 0 Å². The Labute approximate surface area is 74.9 Å². The molecule has 1 rings (SSSR count). The van der Waals surface area contributed by atoms with Gasteiger partial charge in [-0.2, -0.15) is 0 Å². The number of ether oxygens (including phenoxy) is 1. The van der Waals surface area contributed by atoms with Crippen LogP contribution in [0.1, 0.15) is 32.6 Å². The Bertz CT molecular complexity index is 114. The van der Waals surface area contributed by atoms with Gasteiger partial charge < -0.3 is 9.84 Å². The number of hydrogen-bond acceptors (Lipinski definition) is 2. The van der Waals surface area contributed by atoms with Gasteiger partial charge >= 0.3 is 0 Å². The molecular weight excluding hydrogens is 152 g/mol. The van der Waals surface area contributed by atoms with E-state index >= 15 is 0 Å². The Morgan fingerprint density at radius 3 is 2.83 bits per heavy atom. The van der Waals surface area contributed by atoms with Gasteiger partial charge in [-0.05, 0) is 24.7 Å². The number of rotatable bonds is 5. The van der Waals surface area contributed by atoms with Gasteiger partial charge in [0.25, 0.3) is 0 Å². The summed E-state index contributed by atoms with van der Waals surface area (Å²) in [5, 5.41) is 8.53. The molecule has 1 N–H and O–H groups in total. The van der Waals surface area contributed by atoms with Crippen molar-refractivity contribution < 1.29 is 9.84 Å². The molecule has 0 bridgehead atoms. The van der Waals surface area contributed by atoms with E-state index in [0.29, 0.717) is 0 Å². The lowest BCUT2D eigenvalue weighted by Gasteiger charge is -2.14. The highest BCUT2D eigenvalue weighted by molar-refractivity contribution is 4.73. The van der Waals surface area contributed by atoms with Gasteiger partial charge in [-0.25, -0.2) is 0 Å². The lowest BCUT2D eigenvalue weighted by atomic mass is 9.99. The zero-order valence-corrected chi connectivity index (χ0v) is 7.96. The van der Waals surface area contributed by atoms with Crippen molar-refractivity contribution in [3.05, 3.63) is 0 Å². The summed E-state index contributed by atoms with van der Waals surface area (Å²) in [6.07, 6.45) is 4.85. The number of aliphatic hydroxyl groups is 1. The SMILES string of the molecule is CC1CCCC1COCCCO. The van der Waals surface area contributed by atoms with Crippen molar-refractivity contribution in [2.75, 3.05) is 19.8 Å². The summed E-state index contributed by atoms with van der Waals surface area (Å²) in [6.45, 7) is 4.19. The van der Waals surface area contributed by atoms with Crippen LogP contribution in [0, 0.1) is 11.8 Å². The molecule has 0 amide bonds. The van der Waals surface area contributed by atoms with E-state index in [1.54, 1.807) is 0 Å². The molecule has 0 spiro atoms. The molecule has 1 saturated carbocycles. The first kappa shape index (κ1) is 10.0. The van der Waals surface area contributed by atoms with Crippen LogP contribution >= 0.6 is 0 Å². The second kappa shape index (κ2) is 5.55. The third-order valence-electron chi connectivity index (χ3n) is 2.82. The molecule has 1 aliphatic carbocycles. The Balaban J connectivity index is 1.98. The standard InChI is InChI=1S/C10H20O2/c1-9-4-2-5-10(9)8-12-7-3-6-11/h9-11H,2-8H2,1H3. The van der Waals surface area contributed by atoms with Crippen LogP contribution in [-0.4, -0.2) is 24.9 Å². The summed E-state index contributed by atoms with van der Waals surface area (Å²) in [4.78, 5) is 0. The molecule has 2 unspecified atom stereocenters. The third-order valence-corrected chi connectivity index (χ3v) is 2.82. The molecule has 0 aromatic carbocycles. The molecule has 1 fully saturated rings. The molecule has 2 heteroatoms. The molecule has 0 aliphatic heterocycles.